The third kappa shape index (κ3) is 4.42. The van der Waals surface area contributed by atoms with Crippen LogP contribution >= 0.6 is 15.9 Å². The Balaban J connectivity index is 2.13. The van der Waals surface area contributed by atoms with E-state index in [0.717, 1.165) is 41.9 Å². The van der Waals surface area contributed by atoms with Crippen LogP contribution in [0.15, 0.2) is 35.1 Å². The molecule has 4 heteroatoms. The monoisotopic (exact) mass is 349 g/mol. The van der Waals surface area contributed by atoms with Crippen molar-refractivity contribution in [1.29, 1.82) is 0 Å². The van der Waals surface area contributed by atoms with Crippen LogP contribution in [-0.4, -0.2) is 16.1 Å². The van der Waals surface area contributed by atoms with E-state index in [1.165, 1.54) is 5.56 Å². The van der Waals surface area contributed by atoms with Gasteiger partial charge in [-0.3, -0.25) is 0 Å². The Morgan fingerprint density at radius 2 is 2.14 bits per heavy atom. The topological polar surface area (TPSA) is 29.9 Å². The van der Waals surface area contributed by atoms with Crippen LogP contribution in [0.2, 0.25) is 0 Å². The smallest absolute Gasteiger partial charge is 0.113 e. The molecule has 0 saturated heterocycles. The molecule has 2 rings (SSSR count). The summed E-state index contributed by atoms with van der Waals surface area (Å²) in [5.41, 5.74) is 2.45. The van der Waals surface area contributed by atoms with E-state index in [9.17, 15) is 0 Å². The van der Waals surface area contributed by atoms with Crippen molar-refractivity contribution in [3.8, 4) is 5.69 Å². The number of imidazole rings is 1. The first-order chi connectivity index (χ1) is 10.1. The summed E-state index contributed by atoms with van der Waals surface area (Å²) in [6.07, 6.45) is 6.01. The van der Waals surface area contributed by atoms with E-state index in [1.54, 1.807) is 0 Å². The van der Waals surface area contributed by atoms with Gasteiger partial charge in [0.2, 0.25) is 0 Å². The lowest BCUT2D eigenvalue weighted by atomic mass is 10.2. The molecule has 0 bridgehead atoms. The number of benzene rings is 1. The third-order valence-corrected chi connectivity index (χ3v) is 4.11. The van der Waals surface area contributed by atoms with Gasteiger partial charge in [-0.1, -0.05) is 42.8 Å². The van der Waals surface area contributed by atoms with Crippen molar-refractivity contribution in [2.45, 2.75) is 40.2 Å². The van der Waals surface area contributed by atoms with E-state index in [2.05, 4.69) is 69.8 Å². The Morgan fingerprint density at radius 1 is 1.33 bits per heavy atom. The van der Waals surface area contributed by atoms with E-state index in [1.807, 2.05) is 12.4 Å². The molecular weight excluding hydrogens is 326 g/mol. The molecule has 0 saturated carbocycles. The lowest BCUT2D eigenvalue weighted by Crippen LogP contribution is -2.19. The highest BCUT2D eigenvalue weighted by atomic mass is 79.9. The minimum absolute atomic E-state index is 0.672. The van der Waals surface area contributed by atoms with Crippen molar-refractivity contribution in [3.05, 3.63) is 46.5 Å². The lowest BCUT2D eigenvalue weighted by molar-refractivity contribution is 0.552. The van der Waals surface area contributed by atoms with E-state index < -0.39 is 0 Å². The van der Waals surface area contributed by atoms with Gasteiger partial charge in [0.15, 0.2) is 0 Å². The van der Waals surface area contributed by atoms with Crippen LogP contribution in [0.3, 0.4) is 0 Å². The van der Waals surface area contributed by atoms with Crippen LogP contribution in [0.5, 0.6) is 0 Å². The molecular formula is C17H24BrN3. The normalized spacial score (nSPS) is 11.3. The first-order valence-electron chi connectivity index (χ1n) is 7.63. The summed E-state index contributed by atoms with van der Waals surface area (Å²) in [7, 11) is 0. The number of aryl methyl sites for hydroxylation is 1. The third-order valence-electron chi connectivity index (χ3n) is 3.37. The van der Waals surface area contributed by atoms with Crippen molar-refractivity contribution in [1.82, 2.24) is 14.9 Å². The maximum atomic E-state index is 4.44. The summed E-state index contributed by atoms with van der Waals surface area (Å²) in [6, 6.07) is 6.52. The molecule has 0 aliphatic heterocycles. The van der Waals surface area contributed by atoms with Crippen LogP contribution in [0.25, 0.3) is 5.69 Å². The van der Waals surface area contributed by atoms with Gasteiger partial charge in [-0.2, -0.15) is 0 Å². The molecule has 0 atom stereocenters. The molecule has 21 heavy (non-hydrogen) atoms. The Kier molecular flexibility index (Phi) is 6.00. The first kappa shape index (κ1) is 16.2. The van der Waals surface area contributed by atoms with Crippen molar-refractivity contribution in [2.75, 3.05) is 6.54 Å². The Bertz CT molecular complexity index is 575. The average molecular weight is 350 g/mol. The maximum Gasteiger partial charge on any atom is 0.113 e. The van der Waals surface area contributed by atoms with Gasteiger partial charge in [-0.25, -0.2) is 4.98 Å². The molecule has 0 fully saturated rings. The van der Waals surface area contributed by atoms with Crippen molar-refractivity contribution in [3.63, 3.8) is 0 Å². The zero-order valence-corrected chi connectivity index (χ0v) is 14.7. The van der Waals surface area contributed by atoms with Crippen LogP contribution in [0.4, 0.5) is 0 Å². The van der Waals surface area contributed by atoms with Gasteiger partial charge in [0, 0.05) is 35.5 Å². The Labute approximate surface area is 135 Å². The van der Waals surface area contributed by atoms with Crippen molar-refractivity contribution >= 4 is 15.9 Å². The number of aromatic nitrogens is 2. The molecule has 1 heterocycles. The van der Waals surface area contributed by atoms with Gasteiger partial charge >= 0.3 is 0 Å². The number of nitrogens with zero attached hydrogens (tertiary/aromatic N) is 2. The molecule has 0 radical (unpaired) electrons. The van der Waals surface area contributed by atoms with Gasteiger partial charge in [-0.15, -0.1) is 0 Å². The van der Waals surface area contributed by atoms with Crippen LogP contribution in [0.1, 0.15) is 38.6 Å². The summed E-state index contributed by atoms with van der Waals surface area (Å²) in [5.74, 6) is 1.79. The zero-order valence-electron chi connectivity index (χ0n) is 13.1. The standard InChI is InChI=1S/C17H24BrN3/c1-4-5-17-20-8-9-21(17)15-7-6-14(16(18)10-15)12-19-11-13(2)3/h6-10,13,19H,4-5,11-12H2,1-3H3. The maximum absolute atomic E-state index is 4.44. The van der Waals surface area contributed by atoms with Crippen molar-refractivity contribution in [2.24, 2.45) is 5.92 Å². The number of nitrogens with one attached hydrogen (secondary N) is 1. The second kappa shape index (κ2) is 7.76. The van der Waals surface area contributed by atoms with E-state index in [0.29, 0.717) is 5.92 Å². The molecule has 0 unspecified atom stereocenters. The molecule has 0 aliphatic carbocycles. The fourth-order valence-electron chi connectivity index (χ4n) is 2.30. The minimum Gasteiger partial charge on any atom is -0.312 e. The fraction of sp³-hybridized carbons (Fsp3) is 0.471. The number of hydrogen-bond acceptors (Lipinski definition) is 2. The van der Waals surface area contributed by atoms with Gasteiger partial charge in [0.1, 0.15) is 5.82 Å². The molecule has 3 nitrogen and oxygen atoms in total. The molecule has 1 aromatic heterocycles. The predicted molar refractivity (Wildman–Crippen MR) is 91.8 cm³/mol. The van der Waals surface area contributed by atoms with Crippen molar-refractivity contribution < 1.29 is 0 Å². The highest BCUT2D eigenvalue weighted by Gasteiger charge is 2.07. The zero-order chi connectivity index (χ0) is 15.2. The molecule has 0 aliphatic rings. The van der Waals surface area contributed by atoms with Gasteiger partial charge in [0.25, 0.3) is 0 Å². The second-order valence-electron chi connectivity index (χ2n) is 5.76. The SMILES string of the molecule is CCCc1nccn1-c1ccc(CNCC(C)C)c(Br)c1. The first-order valence-corrected chi connectivity index (χ1v) is 8.42. The Morgan fingerprint density at radius 3 is 2.81 bits per heavy atom. The quantitative estimate of drug-likeness (QED) is 0.805. The van der Waals surface area contributed by atoms with Gasteiger partial charge < -0.3 is 9.88 Å². The summed E-state index contributed by atoms with van der Waals surface area (Å²) in [5, 5.41) is 3.48. The highest BCUT2D eigenvalue weighted by molar-refractivity contribution is 9.10. The van der Waals surface area contributed by atoms with Gasteiger partial charge in [-0.05, 0) is 36.6 Å². The Hall–Kier alpha value is -1.13. The average Bonchev–Trinajstić information content (AvgIpc) is 2.89. The summed E-state index contributed by atoms with van der Waals surface area (Å²) in [4.78, 5) is 4.44. The van der Waals surface area contributed by atoms with E-state index in [4.69, 9.17) is 0 Å². The number of rotatable bonds is 7. The molecule has 1 N–H and O–H groups in total. The predicted octanol–water partition coefficient (Wildman–Crippen LogP) is 4.33. The number of halogens is 1. The summed E-state index contributed by atoms with van der Waals surface area (Å²) in [6.45, 7) is 8.55. The highest BCUT2D eigenvalue weighted by Crippen LogP contribution is 2.22. The molecule has 0 spiro atoms. The van der Waals surface area contributed by atoms with Crippen LogP contribution < -0.4 is 5.32 Å². The second-order valence-corrected chi connectivity index (χ2v) is 6.62. The summed E-state index contributed by atoms with van der Waals surface area (Å²) < 4.78 is 3.31. The van der Waals surface area contributed by atoms with Gasteiger partial charge in [0.05, 0.1) is 0 Å². The molecule has 0 amide bonds. The fourth-order valence-corrected chi connectivity index (χ4v) is 2.81. The van der Waals surface area contributed by atoms with E-state index in [-0.39, 0.29) is 0 Å². The number of hydrogen-bond donors (Lipinski definition) is 1. The summed E-state index contributed by atoms with van der Waals surface area (Å²) >= 11 is 3.69. The molecule has 114 valence electrons. The molecule has 2 aromatic rings. The van der Waals surface area contributed by atoms with E-state index >= 15 is 0 Å². The van der Waals surface area contributed by atoms with Crippen LogP contribution in [0, 0.1) is 5.92 Å². The van der Waals surface area contributed by atoms with Crippen LogP contribution in [-0.2, 0) is 13.0 Å². The minimum atomic E-state index is 0.672. The molecule has 1 aromatic carbocycles. The largest absolute Gasteiger partial charge is 0.312 e. The lowest BCUT2D eigenvalue weighted by Gasteiger charge is -2.12.